The zero-order valence-electron chi connectivity index (χ0n) is 16.3. The Morgan fingerprint density at radius 1 is 0.778 bits per heavy atom. The van der Waals surface area contributed by atoms with Crippen molar-refractivity contribution in [2.24, 2.45) is 0 Å². The van der Waals surface area contributed by atoms with Crippen molar-refractivity contribution in [1.82, 2.24) is 0 Å². The highest BCUT2D eigenvalue weighted by Gasteiger charge is 2.24. The minimum Gasteiger partial charge on any atom is -0.493 e. The van der Waals surface area contributed by atoms with Crippen molar-refractivity contribution in [1.29, 1.82) is 0 Å². The summed E-state index contributed by atoms with van der Waals surface area (Å²) < 4.78 is 21.8. The predicted octanol–water partition coefficient (Wildman–Crippen LogP) is 3.31. The Hall–Kier alpha value is -2.44. The highest BCUT2D eigenvalue weighted by atomic mass is 16.5. The molecular formula is C21H28O6. The van der Waals surface area contributed by atoms with Crippen LogP contribution in [0.15, 0.2) is 36.4 Å². The molecule has 0 bridgehead atoms. The van der Waals surface area contributed by atoms with Gasteiger partial charge in [-0.2, -0.15) is 0 Å². The molecular weight excluding hydrogens is 348 g/mol. The summed E-state index contributed by atoms with van der Waals surface area (Å²) in [4.78, 5) is 0. The largest absolute Gasteiger partial charge is 0.493 e. The maximum absolute atomic E-state index is 10.9. The third-order valence-corrected chi connectivity index (χ3v) is 4.32. The van der Waals surface area contributed by atoms with Gasteiger partial charge in [0, 0.05) is 5.92 Å². The SMILES string of the molecule is CCOc1ccc(C(O)C(CO)c2ccc(OCC)c(OC)c2)cc1OC. The Bertz CT molecular complexity index is 731. The molecule has 148 valence electrons. The standard InChI is InChI=1S/C21H28O6/c1-5-26-17-9-7-14(11-19(17)24-3)16(13-22)21(23)15-8-10-18(27-6-2)20(12-15)25-4/h7-12,16,21-23H,5-6,13H2,1-4H3. The number of methoxy groups -OCH3 is 2. The monoisotopic (exact) mass is 376 g/mol. The lowest BCUT2D eigenvalue weighted by Crippen LogP contribution is -2.15. The molecule has 2 aromatic carbocycles. The molecule has 0 spiro atoms. The number of benzene rings is 2. The van der Waals surface area contributed by atoms with Gasteiger partial charge in [0.05, 0.1) is 40.1 Å². The van der Waals surface area contributed by atoms with Crippen LogP contribution in [0.1, 0.15) is 37.0 Å². The fourth-order valence-electron chi connectivity index (χ4n) is 2.95. The zero-order valence-corrected chi connectivity index (χ0v) is 16.3. The van der Waals surface area contributed by atoms with Crippen LogP contribution < -0.4 is 18.9 Å². The van der Waals surface area contributed by atoms with E-state index in [4.69, 9.17) is 18.9 Å². The molecule has 0 saturated carbocycles. The first kappa shape index (κ1) is 20.9. The molecule has 0 fully saturated rings. The molecule has 0 aliphatic heterocycles. The molecule has 0 amide bonds. The first-order chi connectivity index (χ1) is 13.1. The van der Waals surface area contributed by atoms with Gasteiger partial charge in [-0.3, -0.25) is 0 Å². The van der Waals surface area contributed by atoms with Gasteiger partial charge in [-0.1, -0.05) is 12.1 Å². The van der Waals surface area contributed by atoms with Crippen LogP contribution in [0.3, 0.4) is 0 Å². The Labute approximate surface area is 160 Å². The van der Waals surface area contributed by atoms with Crippen LogP contribution >= 0.6 is 0 Å². The van der Waals surface area contributed by atoms with Gasteiger partial charge >= 0.3 is 0 Å². The Morgan fingerprint density at radius 2 is 1.26 bits per heavy atom. The molecule has 0 aliphatic carbocycles. The molecule has 0 heterocycles. The van der Waals surface area contributed by atoms with Crippen molar-refractivity contribution < 1.29 is 29.2 Å². The van der Waals surface area contributed by atoms with E-state index in [0.717, 1.165) is 5.56 Å². The summed E-state index contributed by atoms with van der Waals surface area (Å²) in [6.45, 7) is 4.60. The number of hydrogen-bond acceptors (Lipinski definition) is 6. The number of ether oxygens (including phenoxy) is 4. The van der Waals surface area contributed by atoms with E-state index in [0.29, 0.717) is 41.8 Å². The van der Waals surface area contributed by atoms with E-state index in [1.807, 2.05) is 19.9 Å². The van der Waals surface area contributed by atoms with Crippen LogP contribution in [0, 0.1) is 0 Å². The van der Waals surface area contributed by atoms with Crippen LogP contribution in [-0.2, 0) is 0 Å². The van der Waals surface area contributed by atoms with Gasteiger partial charge in [0.15, 0.2) is 23.0 Å². The van der Waals surface area contributed by atoms with E-state index < -0.39 is 12.0 Å². The molecule has 2 atom stereocenters. The lowest BCUT2D eigenvalue weighted by Gasteiger charge is -2.23. The molecule has 0 aromatic heterocycles. The highest BCUT2D eigenvalue weighted by molar-refractivity contribution is 5.46. The quantitative estimate of drug-likeness (QED) is 0.662. The zero-order chi connectivity index (χ0) is 19.8. The predicted molar refractivity (Wildman–Crippen MR) is 103 cm³/mol. The van der Waals surface area contributed by atoms with Crippen LogP contribution in [0.25, 0.3) is 0 Å². The Balaban J connectivity index is 2.34. The van der Waals surface area contributed by atoms with Gasteiger partial charge in [0.2, 0.25) is 0 Å². The molecule has 27 heavy (non-hydrogen) atoms. The van der Waals surface area contributed by atoms with Gasteiger partial charge in [-0.15, -0.1) is 0 Å². The second-order valence-electron chi connectivity index (χ2n) is 5.92. The summed E-state index contributed by atoms with van der Waals surface area (Å²) in [6, 6.07) is 10.6. The number of aliphatic hydroxyl groups is 2. The Kier molecular flexibility index (Phi) is 7.76. The van der Waals surface area contributed by atoms with E-state index >= 15 is 0 Å². The maximum Gasteiger partial charge on any atom is 0.161 e. The summed E-state index contributed by atoms with van der Waals surface area (Å²) in [7, 11) is 3.11. The fraction of sp³-hybridized carbons (Fsp3) is 0.429. The number of aliphatic hydroxyl groups excluding tert-OH is 2. The molecule has 2 rings (SSSR count). The number of hydrogen-bond donors (Lipinski definition) is 2. The smallest absolute Gasteiger partial charge is 0.161 e. The first-order valence-corrected chi connectivity index (χ1v) is 8.99. The maximum atomic E-state index is 10.9. The molecule has 0 aliphatic rings. The fourth-order valence-corrected chi connectivity index (χ4v) is 2.95. The van der Waals surface area contributed by atoms with Gasteiger partial charge in [-0.25, -0.2) is 0 Å². The summed E-state index contributed by atoms with van der Waals surface area (Å²) in [5.41, 5.74) is 1.38. The van der Waals surface area contributed by atoms with Crippen molar-refractivity contribution in [3.63, 3.8) is 0 Å². The summed E-state index contributed by atoms with van der Waals surface area (Å²) in [5.74, 6) is 1.80. The van der Waals surface area contributed by atoms with Crippen LogP contribution in [-0.4, -0.2) is 44.3 Å². The molecule has 2 unspecified atom stereocenters. The molecule has 6 nitrogen and oxygen atoms in total. The third-order valence-electron chi connectivity index (χ3n) is 4.32. The van der Waals surface area contributed by atoms with E-state index in [1.54, 1.807) is 44.6 Å². The van der Waals surface area contributed by atoms with Crippen molar-refractivity contribution in [2.75, 3.05) is 34.0 Å². The van der Waals surface area contributed by atoms with Gasteiger partial charge in [0.1, 0.15) is 0 Å². The van der Waals surface area contributed by atoms with Gasteiger partial charge in [0.25, 0.3) is 0 Å². The van der Waals surface area contributed by atoms with E-state index in [-0.39, 0.29) is 6.61 Å². The molecule has 2 aromatic rings. The summed E-state index contributed by atoms with van der Waals surface area (Å²) in [5, 5.41) is 20.8. The van der Waals surface area contributed by atoms with Crippen molar-refractivity contribution in [3.8, 4) is 23.0 Å². The molecule has 2 N–H and O–H groups in total. The average molecular weight is 376 g/mol. The molecule has 0 saturated heterocycles. The normalized spacial score (nSPS) is 13.0. The lowest BCUT2D eigenvalue weighted by atomic mass is 9.89. The van der Waals surface area contributed by atoms with Crippen LogP contribution in [0.2, 0.25) is 0 Å². The minimum atomic E-state index is -0.928. The summed E-state index contributed by atoms with van der Waals surface area (Å²) in [6.07, 6.45) is -0.928. The topological polar surface area (TPSA) is 77.4 Å². The Morgan fingerprint density at radius 3 is 1.70 bits per heavy atom. The van der Waals surface area contributed by atoms with Crippen LogP contribution in [0.5, 0.6) is 23.0 Å². The van der Waals surface area contributed by atoms with Gasteiger partial charge in [-0.05, 0) is 49.2 Å². The molecule has 6 heteroatoms. The molecule has 0 radical (unpaired) electrons. The second kappa shape index (κ2) is 10.0. The first-order valence-electron chi connectivity index (χ1n) is 8.99. The summed E-state index contributed by atoms with van der Waals surface area (Å²) >= 11 is 0. The van der Waals surface area contributed by atoms with Crippen molar-refractivity contribution in [2.45, 2.75) is 25.9 Å². The van der Waals surface area contributed by atoms with Crippen molar-refractivity contribution >= 4 is 0 Å². The van der Waals surface area contributed by atoms with E-state index in [1.165, 1.54) is 0 Å². The van der Waals surface area contributed by atoms with Gasteiger partial charge < -0.3 is 29.2 Å². The van der Waals surface area contributed by atoms with Crippen LogP contribution in [0.4, 0.5) is 0 Å². The van der Waals surface area contributed by atoms with E-state index in [9.17, 15) is 10.2 Å². The number of rotatable bonds is 10. The lowest BCUT2D eigenvalue weighted by molar-refractivity contribution is 0.106. The average Bonchev–Trinajstić information content (AvgIpc) is 2.70. The highest BCUT2D eigenvalue weighted by Crippen LogP contribution is 2.38. The minimum absolute atomic E-state index is 0.228. The second-order valence-corrected chi connectivity index (χ2v) is 5.92. The third kappa shape index (κ3) is 4.84. The van der Waals surface area contributed by atoms with E-state index in [2.05, 4.69) is 0 Å². The van der Waals surface area contributed by atoms with Crippen molar-refractivity contribution in [3.05, 3.63) is 47.5 Å².